The van der Waals surface area contributed by atoms with Crippen LogP contribution in [0, 0.1) is 0 Å². The highest BCUT2D eigenvalue weighted by Gasteiger charge is 2.52. The van der Waals surface area contributed by atoms with Gasteiger partial charge in [-0.1, -0.05) is 0 Å². The zero-order valence-corrected chi connectivity index (χ0v) is 17.7. The number of thioether (sulfide) groups is 1. The maximum Gasteiger partial charge on any atom is 0.412 e. The predicted molar refractivity (Wildman–Crippen MR) is 109 cm³/mol. The number of ether oxygens (including phenoxy) is 1. The highest BCUT2D eigenvalue weighted by atomic mass is 32.2. The summed E-state index contributed by atoms with van der Waals surface area (Å²) in [5.41, 5.74) is -0.217. The molecule has 0 unspecified atom stereocenters. The van der Waals surface area contributed by atoms with Crippen LogP contribution in [-0.2, 0) is 25.5 Å². The average molecular weight is 440 g/mol. The lowest BCUT2D eigenvalue weighted by atomic mass is 10.0. The number of hydrogen-bond acceptors (Lipinski definition) is 7. The van der Waals surface area contributed by atoms with E-state index in [1.165, 1.54) is 34.1 Å². The Labute approximate surface area is 175 Å². The highest BCUT2D eigenvalue weighted by molar-refractivity contribution is 8.00. The fraction of sp³-hybridized carbons (Fsp3) is 0.444. The number of hydrogen-bond donors (Lipinski definition) is 3. The second-order valence-corrected chi connectivity index (χ2v) is 9.58. The van der Waals surface area contributed by atoms with Crippen molar-refractivity contribution in [1.29, 1.82) is 0 Å². The summed E-state index contributed by atoms with van der Waals surface area (Å²) in [4.78, 5) is 49.8. The monoisotopic (exact) mass is 439 g/mol. The van der Waals surface area contributed by atoms with Crippen LogP contribution in [0.4, 0.5) is 10.5 Å². The van der Waals surface area contributed by atoms with Crippen LogP contribution in [0.25, 0.3) is 0 Å². The van der Waals surface area contributed by atoms with Gasteiger partial charge in [-0.05, 0) is 38.3 Å². The molecule has 1 aromatic heterocycles. The summed E-state index contributed by atoms with van der Waals surface area (Å²) in [6.45, 7) is 5.26. The summed E-state index contributed by atoms with van der Waals surface area (Å²) in [5, 5.41) is 15.8. The molecule has 0 saturated carbocycles. The molecule has 0 radical (unpaired) electrons. The van der Waals surface area contributed by atoms with Crippen molar-refractivity contribution in [3.63, 3.8) is 0 Å². The van der Waals surface area contributed by atoms with E-state index < -0.39 is 35.0 Å². The van der Waals surface area contributed by atoms with E-state index in [1.54, 1.807) is 32.2 Å². The molecule has 0 spiro atoms. The molecule has 2 aliphatic rings. The molecule has 1 aromatic rings. The maximum absolute atomic E-state index is 12.5. The summed E-state index contributed by atoms with van der Waals surface area (Å²) in [7, 11) is 0. The Morgan fingerprint density at radius 1 is 1.34 bits per heavy atom. The molecule has 11 heteroatoms. The molecule has 3 amide bonds. The van der Waals surface area contributed by atoms with Crippen molar-refractivity contribution in [1.82, 2.24) is 10.2 Å². The number of aliphatic carboxylic acids is 1. The molecule has 29 heavy (non-hydrogen) atoms. The van der Waals surface area contributed by atoms with Crippen molar-refractivity contribution in [3.05, 3.63) is 28.1 Å². The third kappa shape index (κ3) is 4.73. The van der Waals surface area contributed by atoms with Gasteiger partial charge >= 0.3 is 12.1 Å². The van der Waals surface area contributed by atoms with Crippen molar-refractivity contribution < 1.29 is 29.0 Å². The summed E-state index contributed by atoms with van der Waals surface area (Å²) < 4.78 is 5.21. The molecule has 9 nitrogen and oxygen atoms in total. The molecule has 2 atom stereocenters. The first-order valence-electron chi connectivity index (χ1n) is 8.80. The van der Waals surface area contributed by atoms with Gasteiger partial charge in [-0.25, -0.2) is 9.59 Å². The van der Waals surface area contributed by atoms with E-state index >= 15 is 0 Å². The number of carboxylic acids is 1. The first-order valence-corrected chi connectivity index (χ1v) is 10.7. The van der Waals surface area contributed by atoms with Crippen LogP contribution in [0.2, 0.25) is 0 Å². The van der Waals surface area contributed by atoms with E-state index in [2.05, 4.69) is 10.6 Å². The Morgan fingerprint density at radius 2 is 2.07 bits per heavy atom. The van der Waals surface area contributed by atoms with Crippen LogP contribution in [0.15, 0.2) is 23.2 Å². The minimum Gasteiger partial charge on any atom is -0.477 e. The van der Waals surface area contributed by atoms with E-state index in [0.29, 0.717) is 16.3 Å². The second-order valence-electron chi connectivity index (χ2n) is 7.43. The van der Waals surface area contributed by atoms with E-state index in [9.17, 15) is 24.3 Å². The minimum absolute atomic E-state index is 0.0222. The first-order chi connectivity index (χ1) is 13.6. The summed E-state index contributed by atoms with van der Waals surface area (Å²) >= 11 is 2.69. The molecule has 2 aliphatic heterocycles. The molecule has 0 aromatic carbocycles. The third-order valence-electron chi connectivity index (χ3n) is 4.08. The lowest BCUT2D eigenvalue weighted by molar-refractivity contribution is -0.150. The molecule has 0 aliphatic carbocycles. The molecular weight excluding hydrogens is 418 g/mol. The van der Waals surface area contributed by atoms with Crippen LogP contribution < -0.4 is 10.6 Å². The van der Waals surface area contributed by atoms with Gasteiger partial charge < -0.3 is 15.2 Å². The van der Waals surface area contributed by atoms with Crippen LogP contribution in [0.3, 0.4) is 0 Å². The van der Waals surface area contributed by atoms with Crippen LogP contribution in [0.5, 0.6) is 0 Å². The molecule has 3 heterocycles. The van der Waals surface area contributed by atoms with Gasteiger partial charge in [-0.15, -0.1) is 23.1 Å². The Hall–Kier alpha value is -2.53. The van der Waals surface area contributed by atoms with Crippen LogP contribution in [0.1, 0.15) is 25.6 Å². The number of β-lactam (4-membered cyclic amide) rings is 1. The normalized spacial score (nSPS) is 20.9. The molecule has 3 rings (SSSR count). The van der Waals surface area contributed by atoms with Gasteiger partial charge in [0.05, 0.1) is 12.1 Å². The number of carbonyl (C=O) groups is 4. The maximum atomic E-state index is 12.5. The Bertz CT molecular complexity index is 888. The zero-order valence-electron chi connectivity index (χ0n) is 16.1. The number of rotatable bonds is 5. The number of carboxylic acid groups (broad SMARTS) is 1. The van der Waals surface area contributed by atoms with Crippen molar-refractivity contribution in [2.45, 2.75) is 44.2 Å². The summed E-state index contributed by atoms with van der Waals surface area (Å²) in [5.74, 6) is -1.53. The van der Waals surface area contributed by atoms with E-state index in [4.69, 9.17) is 4.74 Å². The minimum atomic E-state index is -1.16. The van der Waals surface area contributed by atoms with Gasteiger partial charge in [-0.2, -0.15) is 0 Å². The molecule has 0 bridgehead atoms. The zero-order chi connectivity index (χ0) is 21.3. The van der Waals surface area contributed by atoms with Crippen LogP contribution in [-0.4, -0.2) is 56.7 Å². The standard InChI is InChI=1S/C18H21N3O6S2/c1-18(2,3)27-17(26)19-9-4-6-28-11(9)8-12(22)20-13-14(23)21-10(16(24)25)5-7-29-15(13)21/h4-6,13,15H,7-8H2,1-3H3,(H,19,26)(H,20,22)(H,24,25)/t13-,15-/m1/s1. The lowest BCUT2D eigenvalue weighted by Gasteiger charge is -2.48. The van der Waals surface area contributed by atoms with Gasteiger partial charge in [0, 0.05) is 10.6 Å². The number of fused-ring (bicyclic) bond motifs is 1. The van der Waals surface area contributed by atoms with Gasteiger partial charge in [0.25, 0.3) is 5.91 Å². The first kappa shape index (κ1) is 21.2. The fourth-order valence-corrected chi connectivity index (χ4v) is 4.93. The summed E-state index contributed by atoms with van der Waals surface area (Å²) in [6, 6.07) is 0.909. The number of amides is 3. The fourth-order valence-electron chi connectivity index (χ4n) is 2.91. The number of thiophene rings is 1. The third-order valence-corrected chi connectivity index (χ3v) is 6.19. The Kier molecular flexibility index (Phi) is 5.90. The van der Waals surface area contributed by atoms with E-state index in [0.717, 1.165) is 0 Å². The summed E-state index contributed by atoms with van der Waals surface area (Å²) in [6.07, 6.45) is 0.847. The Balaban J connectivity index is 1.58. The SMILES string of the molecule is CC(C)(C)OC(=O)Nc1ccsc1CC(=O)N[C@@H]1C(=O)N2C(C(=O)O)=CCS[C@H]12. The van der Waals surface area contributed by atoms with Gasteiger partial charge in [0.1, 0.15) is 22.7 Å². The number of carbonyl (C=O) groups excluding carboxylic acids is 3. The van der Waals surface area contributed by atoms with Crippen molar-refractivity contribution in [2.24, 2.45) is 0 Å². The smallest absolute Gasteiger partial charge is 0.412 e. The molecule has 3 N–H and O–H groups in total. The predicted octanol–water partition coefficient (Wildman–Crippen LogP) is 2.01. The molecule has 1 saturated heterocycles. The van der Waals surface area contributed by atoms with Crippen molar-refractivity contribution in [3.8, 4) is 0 Å². The van der Waals surface area contributed by atoms with Crippen LogP contribution >= 0.6 is 23.1 Å². The van der Waals surface area contributed by atoms with Crippen molar-refractivity contribution >= 4 is 52.7 Å². The quantitative estimate of drug-likeness (QED) is 0.599. The molecular formula is C18H21N3O6S2. The van der Waals surface area contributed by atoms with E-state index in [1.807, 2.05) is 0 Å². The Morgan fingerprint density at radius 3 is 2.72 bits per heavy atom. The largest absolute Gasteiger partial charge is 0.477 e. The second kappa shape index (κ2) is 8.07. The molecule has 156 valence electrons. The lowest BCUT2D eigenvalue weighted by Crippen LogP contribution is -2.70. The highest BCUT2D eigenvalue weighted by Crippen LogP contribution is 2.37. The van der Waals surface area contributed by atoms with Gasteiger partial charge in [0.2, 0.25) is 5.91 Å². The number of nitrogens with zero attached hydrogens (tertiary/aromatic N) is 1. The van der Waals surface area contributed by atoms with Gasteiger partial charge in [-0.3, -0.25) is 19.8 Å². The number of nitrogens with one attached hydrogen (secondary N) is 2. The van der Waals surface area contributed by atoms with Gasteiger partial charge in [0.15, 0.2) is 0 Å². The number of anilines is 1. The van der Waals surface area contributed by atoms with E-state index in [-0.39, 0.29) is 18.0 Å². The van der Waals surface area contributed by atoms with Crippen molar-refractivity contribution in [2.75, 3.05) is 11.1 Å². The molecule has 1 fully saturated rings. The topological polar surface area (TPSA) is 125 Å². The average Bonchev–Trinajstić information content (AvgIpc) is 3.03.